The lowest BCUT2D eigenvalue weighted by atomic mass is 9.74. The van der Waals surface area contributed by atoms with Gasteiger partial charge in [0.2, 0.25) is 0 Å². The number of hydrogen-bond acceptors (Lipinski definition) is 3. The van der Waals surface area contributed by atoms with Crippen LogP contribution in [0.3, 0.4) is 0 Å². The minimum atomic E-state index is -4.58. The fourth-order valence-corrected chi connectivity index (χ4v) is 3.74. The predicted molar refractivity (Wildman–Crippen MR) is 65.5 cm³/mol. The van der Waals surface area contributed by atoms with Gasteiger partial charge in [-0.1, -0.05) is 19.8 Å². The molecule has 0 aliphatic heterocycles. The summed E-state index contributed by atoms with van der Waals surface area (Å²) in [6, 6.07) is 0. The van der Waals surface area contributed by atoms with Crippen LogP contribution in [0.25, 0.3) is 0 Å². The average Bonchev–Trinajstić information content (AvgIpc) is 2.29. The molecule has 1 fully saturated rings. The van der Waals surface area contributed by atoms with E-state index >= 15 is 0 Å². The van der Waals surface area contributed by atoms with E-state index in [4.69, 9.17) is 5.73 Å². The first kappa shape index (κ1) is 16.7. The molecule has 0 radical (unpaired) electrons. The van der Waals surface area contributed by atoms with E-state index in [1.54, 1.807) is 0 Å². The largest absolute Gasteiger partial charge is 0.402 e. The summed E-state index contributed by atoms with van der Waals surface area (Å²) in [6.45, 7) is 0.344. The topological polar surface area (TPSA) is 84.2 Å². The molecule has 0 heterocycles. The summed E-state index contributed by atoms with van der Waals surface area (Å²) in [5.41, 5.74) is 4.79. The number of nitrogens with two attached hydrogens (primary N) is 1. The lowest BCUT2D eigenvalue weighted by Crippen LogP contribution is -2.61. The zero-order valence-corrected chi connectivity index (χ0v) is 11.6. The van der Waals surface area contributed by atoms with E-state index in [9.17, 15) is 21.6 Å². The highest BCUT2D eigenvalue weighted by Crippen LogP contribution is 2.33. The average molecular weight is 303 g/mol. The number of halogens is 3. The van der Waals surface area contributed by atoms with Gasteiger partial charge in [0, 0.05) is 12.1 Å². The fraction of sp³-hybridized carbons (Fsp3) is 1.00. The third-order valence-electron chi connectivity index (χ3n) is 3.62. The summed E-state index contributed by atoms with van der Waals surface area (Å²) in [5, 5.41) is 0. The Kier molecular flexibility index (Phi) is 5.21. The van der Waals surface area contributed by atoms with Gasteiger partial charge in [-0.05, 0) is 18.8 Å². The van der Waals surface area contributed by atoms with E-state index in [2.05, 4.69) is 4.72 Å². The molecular formula is C10H20F3N3O2S. The lowest BCUT2D eigenvalue weighted by Gasteiger charge is -2.42. The Bertz CT molecular complexity index is 399. The van der Waals surface area contributed by atoms with Crippen LogP contribution in [0.1, 0.15) is 32.6 Å². The maximum atomic E-state index is 12.0. The van der Waals surface area contributed by atoms with Gasteiger partial charge in [-0.15, -0.1) is 0 Å². The molecular weight excluding hydrogens is 283 g/mol. The van der Waals surface area contributed by atoms with Gasteiger partial charge in [0.05, 0.1) is 0 Å². The highest BCUT2D eigenvalue weighted by Gasteiger charge is 2.41. The quantitative estimate of drug-likeness (QED) is 0.705. The molecule has 0 bridgehead atoms. The molecule has 0 aromatic rings. The Morgan fingerprint density at radius 3 is 2.47 bits per heavy atom. The summed E-state index contributed by atoms with van der Waals surface area (Å²) < 4.78 is 63.3. The van der Waals surface area contributed by atoms with Crippen LogP contribution in [0.4, 0.5) is 13.2 Å². The molecule has 5 nitrogen and oxygen atoms in total. The monoisotopic (exact) mass is 303 g/mol. The van der Waals surface area contributed by atoms with Gasteiger partial charge in [0.15, 0.2) is 0 Å². The first-order valence-electron chi connectivity index (χ1n) is 6.16. The second-order valence-electron chi connectivity index (χ2n) is 5.05. The minimum Gasteiger partial charge on any atom is -0.329 e. The van der Waals surface area contributed by atoms with Crippen LogP contribution in [-0.4, -0.2) is 33.2 Å². The van der Waals surface area contributed by atoms with Gasteiger partial charge in [0.1, 0.15) is 6.54 Å². The zero-order valence-electron chi connectivity index (χ0n) is 10.8. The lowest BCUT2D eigenvalue weighted by molar-refractivity contribution is -0.121. The molecule has 0 aromatic heterocycles. The van der Waals surface area contributed by atoms with Gasteiger partial charge in [-0.3, -0.25) is 0 Å². The predicted octanol–water partition coefficient (Wildman–Crippen LogP) is 0.880. The van der Waals surface area contributed by atoms with Crippen LogP contribution in [0, 0.1) is 5.92 Å². The van der Waals surface area contributed by atoms with Crippen LogP contribution in [-0.2, 0) is 10.2 Å². The van der Waals surface area contributed by atoms with Crippen molar-refractivity contribution in [3.8, 4) is 0 Å². The minimum absolute atomic E-state index is 0.00582. The molecule has 19 heavy (non-hydrogen) atoms. The highest BCUT2D eigenvalue weighted by molar-refractivity contribution is 7.87. The molecule has 1 saturated carbocycles. The number of hydrogen-bond donors (Lipinski definition) is 3. The fourth-order valence-electron chi connectivity index (χ4n) is 2.39. The van der Waals surface area contributed by atoms with Gasteiger partial charge >= 0.3 is 6.18 Å². The van der Waals surface area contributed by atoms with E-state index in [-0.39, 0.29) is 12.5 Å². The van der Waals surface area contributed by atoms with Crippen molar-refractivity contribution in [2.24, 2.45) is 11.7 Å². The van der Waals surface area contributed by atoms with Gasteiger partial charge in [0.25, 0.3) is 10.2 Å². The van der Waals surface area contributed by atoms with Crippen molar-refractivity contribution in [1.82, 2.24) is 9.44 Å². The zero-order chi connectivity index (χ0) is 14.7. The smallest absolute Gasteiger partial charge is 0.329 e. The van der Waals surface area contributed by atoms with E-state index < -0.39 is 28.5 Å². The molecule has 1 aliphatic carbocycles. The maximum absolute atomic E-state index is 12.0. The van der Waals surface area contributed by atoms with Crippen molar-refractivity contribution in [3.63, 3.8) is 0 Å². The summed E-state index contributed by atoms with van der Waals surface area (Å²) >= 11 is 0. The van der Waals surface area contributed by atoms with E-state index in [0.717, 1.165) is 19.3 Å². The van der Waals surface area contributed by atoms with E-state index in [0.29, 0.717) is 6.42 Å². The van der Waals surface area contributed by atoms with Crippen LogP contribution in [0.5, 0.6) is 0 Å². The van der Waals surface area contributed by atoms with E-state index in [1.807, 2.05) is 6.92 Å². The highest BCUT2D eigenvalue weighted by atomic mass is 32.2. The number of nitrogens with one attached hydrogen (secondary N) is 2. The van der Waals surface area contributed by atoms with Crippen molar-refractivity contribution in [2.45, 2.75) is 44.3 Å². The molecule has 4 N–H and O–H groups in total. The van der Waals surface area contributed by atoms with Crippen LogP contribution in [0.15, 0.2) is 0 Å². The van der Waals surface area contributed by atoms with Crippen LogP contribution < -0.4 is 15.2 Å². The Morgan fingerprint density at radius 2 is 2.00 bits per heavy atom. The van der Waals surface area contributed by atoms with Gasteiger partial charge in [-0.2, -0.15) is 31.0 Å². The third-order valence-corrected chi connectivity index (χ3v) is 4.82. The standard InChI is InChI=1S/C10H20F3N3O2S/c1-8-4-2-3-5-9(8,6-14)16-19(17,18)15-7-10(11,12)13/h8,15-16H,2-7,14H2,1H3. The maximum Gasteiger partial charge on any atom is 0.402 e. The third kappa shape index (κ3) is 4.90. The molecule has 9 heteroatoms. The summed E-state index contributed by atoms with van der Waals surface area (Å²) in [4.78, 5) is 0. The second-order valence-corrected chi connectivity index (χ2v) is 6.55. The molecule has 2 atom stereocenters. The van der Waals surface area contributed by atoms with Crippen molar-refractivity contribution >= 4 is 10.2 Å². The Hall–Kier alpha value is -0.380. The molecule has 0 spiro atoms. The molecule has 1 rings (SSSR count). The van der Waals surface area contributed by atoms with Crippen LogP contribution in [0.2, 0.25) is 0 Å². The first-order valence-corrected chi connectivity index (χ1v) is 7.64. The summed E-state index contributed by atoms with van der Waals surface area (Å²) in [7, 11) is -4.22. The Balaban J connectivity index is 2.74. The molecule has 0 aromatic carbocycles. The summed E-state index contributed by atoms with van der Waals surface area (Å²) in [5.74, 6) is -0.00582. The molecule has 0 saturated heterocycles. The molecule has 2 unspecified atom stereocenters. The molecule has 114 valence electrons. The Morgan fingerprint density at radius 1 is 1.37 bits per heavy atom. The van der Waals surface area contributed by atoms with Crippen molar-refractivity contribution in [1.29, 1.82) is 0 Å². The normalized spacial score (nSPS) is 29.4. The Labute approximate surface area is 111 Å². The number of alkyl halides is 3. The van der Waals surface area contributed by atoms with Crippen molar-refractivity contribution in [3.05, 3.63) is 0 Å². The van der Waals surface area contributed by atoms with Gasteiger partial charge < -0.3 is 5.73 Å². The van der Waals surface area contributed by atoms with E-state index in [1.165, 1.54) is 4.72 Å². The first-order chi connectivity index (χ1) is 8.60. The van der Waals surface area contributed by atoms with Gasteiger partial charge in [-0.25, -0.2) is 0 Å². The number of rotatable bonds is 5. The second kappa shape index (κ2) is 5.94. The summed E-state index contributed by atoms with van der Waals surface area (Å²) in [6.07, 6.45) is -1.46. The molecule has 0 amide bonds. The van der Waals surface area contributed by atoms with Crippen LogP contribution >= 0.6 is 0 Å². The van der Waals surface area contributed by atoms with Crippen molar-refractivity contribution in [2.75, 3.05) is 13.1 Å². The molecule has 1 aliphatic rings. The van der Waals surface area contributed by atoms with Crippen molar-refractivity contribution < 1.29 is 21.6 Å². The SMILES string of the molecule is CC1CCCCC1(CN)NS(=O)(=O)NCC(F)(F)F.